The van der Waals surface area contributed by atoms with E-state index in [0.717, 1.165) is 12.2 Å². The van der Waals surface area contributed by atoms with E-state index < -0.39 is 14.9 Å². The highest BCUT2D eigenvalue weighted by atomic mass is 32.2. The molecule has 1 saturated heterocycles. The van der Waals surface area contributed by atoms with E-state index in [1.54, 1.807) is 11.8 Å². The molecule has 0 bridgehead atoms. The van der Waals surface area contributed by atoms with E-state index in [2.05, 4.69) is 0 Å². The fraction of sp³-hybridized carbons (Fsp3) is 0.875. The molecular weight excluding hydrogens is 192 g/mol. The first-order valence-electron chi connectivity index (χ1n) is 4.17. The van der Waals surface area contributed by atoms with Crippen LogP contribution in [0.1, 0.15) is 26.7 Å². The van der Waals surface area contributed by atoms with Crippen molar-refractivity contribution in [2.45, 2.75) is 30.8 Å². The third kappa shape index (κ3) is 1.74. The topological polar surface area (TPSA) is 34.1 Å². The number of hydrogen-bond acceptors (Lipinski definition) is 3. The van der Waals surface area contributed by atoms with Gasteiger partial charge in [0.1, 0.15) is 4.08 Å². The summed E-state index contributed by atoms with van der Waals surface area (Å²) in [6, 6.07) is 0. The molecule has 0 amide bonds. The van der Waals surface area contributed by atoms with Gasteiger partial charge in [0.15, 0.2) is 5.78 Å². The third-order valence-corrected chi connectivity index (χ3v) is 6.09. The minimum Gasteiger partial charge on any atom is -0.297 e. The average molecular weight is 206 g/mol. The predicted octanol–water partition coefficient (Wildman–Crippen LogP) is 1.57. The summed E-state index contributed by atoms with van der Waals surface area (Å²) < 4.78 is 10.9. The molecule has 0 aliphatic carbocycles. The van der Waals surface area contributed by atoms with Crippen LogP contribution in [-0.2, 0) is 15.6 Å². The van der Waals surface area contributed by atoms with Crippen molar-refractivity contribution in [1.82, 2.24) is 0 Å². The highest BCUT2D eigenvalue weighted by Crippen LogP contribution is 2.37. The SMILES string of the molecule is CCCC(=O)[C@]1(C)SCC[S@]1=O. The van der Waals surface area contributed by atoms with Gasteiger partial charge in [-0.25, -0.2) is 0 Å². The monoisotopic (exact) mass is 206 g/mol. The minimum atomic E-state index is -0.944. The van der Waals surface area contributed by atoms with Gasteiger partial charge >= 0.3 is 0 Å². The fourth-order valence-corrected chi connectivity index (χ4v) is 4.60. The molecule has 4 heteroatoms. The molecule has 0 aromatic rings. The van der Waals surface area contributed by atoms with Crippen LogP contribution in [0.4, 0.5) is 0 Å². The number of carbonyl (C=O) groups excluding carboxylic acids is 1. The molecule has 0 aromatic carbocycles. The van der Waals surface area contributed by atoms with Crippen molar-refractivity contribution >= 4 is 28.3 Å². The minimum absolute atomic E-state index is 0.158. The van der Waals surface area contributed by atoms with Gasteiger partial charge in [-0.2, -0.15) is 0 Å². The molecular formula is C8H14O2S2. The van der Waals surface area contributed by atoms with E-state index >= 15 is 0 Å². The first-order valence-corrected chi connectivity index (χ1v) is 6.47. The Bertz CT molecular complexity index is 215. The molecule has 1 rings (SSSR count). The Balaban J connectivity index is 2.70. The molecule has 0 N–H and O–H groups in total. The maximum Gasteiger partial charge on any atom is 0.161 e. The molecule has 0 radical (unpaired) electrons. The second kappa shape index (κ2) is 3.92. The van der Waals surface area contributed by atoms with E-state index in [1.807, 2.05) is 13.8 Å². The van der Waals surface area contributed by atoms with E-state index in [0.29, 0.717) is 12.2 Å². The van der Waals surface area contributed by atoms with Crippen molar-refractivity contribution in [2.75, 3.05) is 11.5 Å². The smallest absolute Gasteiger partial charge is 0.161 e. The van der Waals surface area contributed by atoms with Crippen LogP contribution in [0, 0.1) is 0 Å². The summed E-state index contributed by atoms with van der Waals surface area (Å²) in [5.41, 5.74) is 0. The van der Waals surface area contributed by atoms with Crippen LogP contribution in [0.5, 0.6) is 0 Å². The number of carbonyl (C=O) groups is 1. The van der Waals surface area contributed by atoms with E-state index in [4.69, 9.17) is 0 Å². The van der Waals surface area contributed by atoms with Gasteiger partial charge in [0.05, 0.1) is 0 Å². The molecule has 12 heavy (non-hydrogen) atoms. The van der Waals surface area contributed by atoms with Gasteiger partial charge in [-0.1, -0.05) is 6.92 Å². The number of hydrogen-bond donors (Lipinski definition) is 0. The third-order valence-electron chi connectivity index (χ3n) is 2.06. The van der Waals surface area contributed by atoms with Crippen LogP contribution in [-0.4, -0.2) is 25.6 Å². The van der Waals surface area contributed by atoms with Crippen molar-refractivity contribution in [3.8, 4) is 0 Å². The van der Waals surface area contributed by atoms with E-state index in [-0.39, 0.29) is 5.78 Å². The largest absolute Gasteiger partial charge is 0.297 e. The molecule has 2 atom stereocenters. The summed E-state index contributed by atoms with van der Waals surface area (Å²) in [7, 11) is -0.944. The Morgan fingerprint density at radius 1 is 1.67 bits per heavy atom. The summed E-state index contributed by atoms with van der Waals surface area (Å²) in [6.45, 7) is 3.79. The molecule has 0 spiro atoms. The van der Waals surface area contributed by atoms with Gasteiger partial charge in [-0.15, -0.1) is 11.8 Å². The lowest BCUT2D eigenvalue weighted by Gasteiger charge is -2.18. The van der Waals surface area contributed by atoms with Gasteiger partial charge in [0.25, 0.3) is 0 Å². The quantitative estimate of drug-likeness (QED) is 0.703. The molecule has 0 unspecified atom stereocenters. The Labute approximate surface area is 79.9 Å². The van der Waals surface area contributed by atoms with Gasteiger partial charge < -0.3 is 0 Å². The number of ketones is 1. The van der Waals surface area contributed by atoms with Crippen LogP contribution in [0.2, 0.25) is 0 Å². The predicted molar refractivity (Wildman–Crippen MR) is 53.8 cm³/mol. The van der Waals surface area contributed by atoms with Crippen molar-refractivity contribution in [2.24, 2.45) is 0 Å². The number of Topliss-reactive ketones (excluding diaryl/α,β-unsaturated/α-hetero) is 1. The second-order valence-electron chi connectivity index (χ2n) is 3.02. The molecule has 2 nitrogen and oxygen atoms in total. The zero-order valence-corrected chi connectivity index (χ0v) is 9.09. The normalized spacial score (nSPS) is 35.3. The maximum atomic E-state index is 11.6. The standard InChI is InChI=1S/C8H14O2S2/c1-3-4-7(9)8(2)11-5-6-12(8)10/h3-6H2,1-2H3/t8-,12-/m1/s1. The second-order valence-corrected chi connectivity index (χ2v) is 6.70. The molecule has 0 saturated carbocycles. The van der Waals surface area contributed by atoms with Crippen molar-refractivity contribution in [3.05, 3.63) is 0 Å². The van der Waals surface area contributed by atoms with Gasteiger partial charge in [0, 0.05) is 28.7 Å². The van der Waals surface area contributed by atoms with Crippen LogP contribution in [0.15, 0.2) is 0 Å². The maximum absolute atomic E-state index is 11.6. The summed E-state index contributed by atoms with van der Waals surface area (Å²) in [5.74, 6) is 1.70. The Morgan fingerprint density at radius 3 is 2.75 bits per heavy atom. The first kappa shape index (κ1) is 10.3. The van der Waals surface area contributed by atoms with E-state index in [9.17, 15) is 9.00 Å². The average Bonchev–Trinajstić information content (AvgIpc) is 2.34. The van der Waals surface area contributed by atoms with Crippen molar-refractivity contribution in [3.63, 3.8) is 0 Å². The highest BCUT2D eigenvalue weighted by Gasteiger charge is 2.42. The molecule has 1 aliphatic rings. The van der Waals surface area contributed by atoms with Gasteiger partial charge in [-0.3, -0.25) is 9.00 Å². The summed E-state index contributed by atoms with van der Waals surface area (Å²) >= 11 is 1.55. The summed E-state index contributed by atoms with van der Waals surface area (Å²) in [4.78, 5) is 11.6. The lowest BCUT2D eigenvalue weighted by atomic mass is 10.2. The lowest BCUT2D eigenvalue weighted by Crippen LogP contribution is -2.33. The highest BCUT2D eigenvalue weighted by molar-refractivity contribution is 8.16. The molecule has 1 aliphatic heterocycles. The Kier molecular flexibility index (Phi) is 3.35. The zero-order chi connectivity index (χ0) is 9.19. The fourth-order valence-electron chi connectivity index (χ4n) is 1.23. The summed E-state index contributed by atoms with van der Waals surface area (Å²) in [5, 5.41) is 0. The number of thioether (sulfide) groups is 1. The van der Waals surface area contributed by atoms with Crippen molar-refractivity contribution in [1.29, 1.82) is 0 Å². The number of rotatable bonds is 3. The lowest BCUT2D eigenvalue weighted by molar-refractivity contribution is -0.119. The van der Waals surface area contributed by atoms with E-state index in [1.165, 1.54) is 0 Å². The molecule has 1 fully saturated rings. The van der Waals surface area contributed by atoms with Gasteiger partial charge in [0.2, 0.25) is 0 Å². The van der Waals surface area contributed by atoms with Crippen LogP contribution in [0.25, 0.3) is 0 Å². The molecule has 70 valence electrons. The Hall–Kier alpha value is 0.170. The van der Waals surface area contributed by atoms with Crippen molar-refractivity contribution < 1.29 is 9.00 Å². The van der Waals surface area contributed by atoms with Crippen LogP contribution in [0.3, 0.4) is 0 Å². The summed E-state index contributed by atoms with van der Waals surface area (Å²) in [6.07, 6.45) is 1.42. The zero-order valence-electron chi connectivity index (χ0n) is 7.46. The first-order chi connectivity index (χ1) is 5.61. The molecule has 1 heterocycles. The van der Waals surface area contributed by atoms with Crippen LogP contribution < -0.4 is 0 Å². The Morgan fingerprint density at radius 2 is 2.33 bits per heavy atom. The van der Waals surface area contributed by atoms with Crippen LogP contribution >= 0.6 is 11.8 Å². The molecule has 0 aromatic heterocycles. The van der Waals surface area contributed by atoms with Gasteiger partial charge in [-0.05, 0) is 13.3 Å².